The Hall–Kier alpha value is -2.08. The molecule has 4 aliphatic rings. The molecule has 1 aromatic rings. The largest absolute Gasteiger partial charge is 0.0761 e. The van der Waals surface area contributed by atoms with Crippen molar-refractivity contribution < 1.29 is 0 Å². The van der Waals surface area contributed by atoms with Crippen LogP contribution in [0.5, 0.6) is 0 Å². The minimum absolute atomic E-state index is 0.580. The molecule has 0 N–H and O–H groups in total. The van der Waals surface area contributed by atoms with Gasteiger partial charge in [0.05, 0.1) is 0 Å². The Kier molecular flexibility index (Phi) is 2.88. The molecule has 0 heterocycles. The highest BCUT2D eigenvalue weighted by Crippen LogP contribution is 2.50. The van der Waals surface area contributed by atoms with Gasteiger partial charge in [0.25, 0.3) is 0 Å². The molecule has 0 bridgehead atoms. The first-order valence-corrected chi connectivity index (χ1v) is 8.90. The molecule has 1 fully saturated rings. The Morgan fingerprint density at radius 2 is 1.96 bits per heavy atom. The fraction of sp³-hybridized carbons (Fsp3) is 0.304. The van der Waals surface area contributed by atoms with Crippen molar-refractivity contribution in [3.63, 3.8) is 0 Å². The van der Waals surface area contributed by atoms with Gasteiger partial charge in [-0.3, -0.25) is 0 Å². The zero-order chi connectivity index (χ0) is 15.4. The highest BCUT2D eigenvalue weighted by Gasteiger charge is 2.38. The van der Waals surface area contributed by atoms with Crippen molar-refractivity contribution in [1.29, 1.82) is 0 Å². The fourth-order valence-corrected chi connectivity index (χ4v) is 5.04. The predicted molar refractivity (Wildman–Crippen MR) is 97.0 cm³/mol. The van der Waals surface area contributed by atoms with Gasteiger partial charge in [-0.25, -0.2) is 0 Å². The summed E-state index contributed by atoms with van der Waals surface area (Å²) in [6, 6.07) is 8.91. The van der Waals surface area contributed by atoms with Gasteiger partial charge < -0.3 is 0 Å². The van der Waals surface area contributed by atoms with Gasteiger partial charge in [0.1, 0.15) is 0 Å². The number of hydrogen-bond donors (Lipinski definition) is 0. The van der Waals surface area contributed by atoms with E-state index in [1.807, 2.05) is 0 Å². The molecule has 0 heteroatoms. The van der Waals surface area contributed by atoms with Crippen LogP contribution in [0.4, 0.5) is 0 Å². The summed E-state index contributed by atoms with van der Waals surface area (Å²) >= 11 is 0. The van der Waals surface area contributed by atoms with Crippen LogP contribution in [-0.4, -0.2) is 0 Å². The minimum Gasteiger partial charge on any atom is -0.0761 e. The predicted octanol–water partition coefficient (Wildman–Crippen LogP) is 5.82. The highest BCUT2D eigenvalue weighted by atomic mass is 14.4. The van der Waals surface area contributed by atoms with Crippen LogP contribution in [0.2, 0.25) is 0 Å². The normalized spacial score (nSPS) is 31.2. The Bertz CT molecular complexity index is 812. The zero-order valence-corrected chi connectivity index (χ0v) is 13.6. The quantitative estimate of drug-likeness (QED) is 0.645. The SMILES string of the molecule is CC(C1CCC2C=C3C=CC=C3C=C21)C1C=Cc2ccccc21. The van der Waals surface area contributed by atoms with E-state index in [0.717, 1.165) is 5.92 Å². The average molecular weight is 298 g/mol. The number of allylic oxidation sites excluding steroid dienone is 9. The zero-order valence-electron chi connectivity index (χ0n) is 13.6. The topological polar surface area (TPSA) is 0 Å². The maximum Gasteiger partial charge on any atom is 0.00586 e. The van der Waals surface area contributed by atoms with Crippen molar-refractivity contribution in [2.24, 2.45) is 17.8 Å². The van der Waals surface area contributed by atoms with Crippen LogP contribution in [0, 0.1) is 17.8 Å². The van der Waals surface area contributed by atoms with Crippen LogP contribution >= 0.6 is 0 Å². The standard InChI is InChI=1S/C23H22/c1-15(20-11-9-16-5-2-3-8-22(16)20)21-12-10-19-13-17-6-4-7-18(17)14-23(19)21/h2-9,11,13-15,19-21H,10,12H2,1H3. The molecule has 5 rings (SSSR count). The third-order valence-corrected chi connectivity index (χ3v) is 6.27. The molecule has 0 aliphatic heterocycles. The summed E-state index contributed by atoms with van der Waals surface area (Å²) in [5.74, 6) is 2.66. The van der Waals surface area contributed by atoms with E-state index in [4.69, 9.17) is 0 Å². The van der Waals surface area contributed by atoms with E-state index in [0.29, 0.717) is 17.8 Å². The van der Waals surface area contributed by atoms with Crippen LogP contribution in [0.3, 0.4) is 0 Å². The molecule has 4 unspecified atom stereocenters. The van der Waals surface area contributed by atoms with E-state index >= 15 is 0 Å². The van der Waals surface area contributed by atoms with Gasteiger partial charge in [-0.2, -0.15) is 0 Å². The van der Waals surface area contributed by atoms with E-state index < -0.39 is 0 Å². The Labute approximate surface area is 138 Å². The number of benzene rings is 1. The average Bonchev–Trinajstić information content (AvgIpc) is 3.29. The molecule has 0 radical (unpaired) electrons. The van der Waals surface area contributed by atoms with Crippen molar-refractivity contribution in [1.82, 2.24) is 0 Å². The minimum atomic E-state index is 0.580. The first kappa shape index (κ1) is 13.4. The third-order valence-electron chi connectivity index (χ3n) is 6.27. The smallest absolute Gasteiger partial charge is 0.00586 e. The number of hydrogen-bond acceptors (Lipinski definition) is 0. The van der Waals surface area contributed by atoms with Gasteiger partial charge in [-0.05, 0) is 52.9 Å². The van der Waals surface area contributed by atoms with E-state index in [1.54, 1.807) is 5.57 Å². The molecule has 1 saturated carbocycles. The van der Waals surface area contributed by atoms with Crippen LogP contribution in [-0.2, 0) is 0 Å². The maximum atomic E-state index is 2.51. The molecule has 0 nitrogen and oxygen atoms in total. The van der Waals surface area contributed by atoms with Crippen molar-refractivity contribution >= 4 is 6.08 Å². The monoisotopic (exact) mass is 298 g/mol. The summed E-state index contributed by atoms with van der Waals surface area (Å²) in [5.41, 5.74) is 7.50. The summed E-state index contributed by atoms with van der Waals surface area (Å²) < 4.78 is 0. The second-order valence-corrected chi connectivity index (χ2v) is 7.41. The van der Waals surface area contributed by atoms with Crippen molar-refractivity contribution in [2.75, 3.05) is 0 Å². The molecular formula is C23H22. The van der Waals surface area contributed by atoms with Crippen molar-refractivity contribution in [3.8, 4) is 0 Å². The van der Waals surface area contributed by atoms with Crippen LogP contribution in [0.1, 0.15) is 36.8 Å². The van der Waals surface area contributed by atoms with Crippen LogP contribution in [0.15, 0.2) is 77.4 Å². The van der Waals surface area contributed by atoms with E-state index in [2.05, 4.69) is 73.7 Å². The number of rotatable bonds is 2. The van der Waals surface area contributed by atoms with Gasteiger partial charge in [0, 0.05) is 5.92 Å². The molecule has 0 aromatic heterocycles. The van der Waals surface area contributed by atoms with Crippen LogP contribution < -0.4 is 0 Å². The lowest BCUT2D eigenvalue weighted by Crippen LogP contribution is -2.18. The van der Waals surface area contributed by atoms with Crippen molar-refractivity contribution in [2.45, 2.75) is 25.7 Å². The molecule has 114 valence electrons. The summed E-state index contributed by atoms with van der Waals surface area (Å²) in [7, 11) is 0. The third kappa shape index (κ3) is 1.97. The van der Waals surface area contributed by atoms with Gasteiger partial charge in [-0.15, -0.1) is 0 Å². The molecule has 4 aliphatic carbocycles. The Balaban J connectivity index is 1.46. The fourth-order valence-electron chi connectivity index (χ4n) is 5.04. The lowest BCUT2D eigenvalue weighted by molar-refractivity contribution is 0.385. The molecule has 0 saturated heterocycles. The first-order valence-electron chi connectivity index (χ1n) is 8.90. The highest BCUT2D eigenvalue weighted by molar-refractivity contribution is 5.63. The van der Waals surface area contributed by atoms with E-state index in [1.165, 1.54) is 35.1 Å². The van der Waals surface area contributed by atoms with Crippen molar-refractivity contribution in [3.05, 3.63) is 88.6 Å². The molecular weight excluding hydrogens is 276 g/mol. The molecule has 4 atom stereocenters. The van der Waals surface area contributed by atoms with E-state index in [-0.39, 0.29) is 0 Å². The summed E-state index contributed by atoms with van der Waals surface area (Å²) in [6.45, 7) is 2.46. The number of fused-ring (bicyclic) bond motifs is 3. The molecule has 23 heavy (non-hydrogen) atoms. The lowest BCUT2D eigenvalue weighted by Gasteiger charge is -2.29. The molecule has 0 amide bonds. The summed E-state index contributed by atoms with van der Waals surface area (Å²) in [6.07, 6.45) is 19.1. The second kappa shape index (κ2) is 4.96. The maximum absolute atomic E-state index is 2.51. The van der Waals surface area contributed by atoms with Gasteiger partial charge in [0.15, 0.2) is 0 Å². The van der Waals surface area contributed by atoms with Gasteiger partial charge >= 0.3 is 0 Å². The first-order chi connectivity index (χ1) is 11.3. The Morgan fingerprint density at radius 1 is 1.04 bits per heavy atom. The summed E-state index contributed by atoms with van der Waals surface area (Å²) in [4.78, 5) is 0. The Morgan fingerprint density at radius 3 is 2.91 bits per heavy atom. The molecule has 0 spiro atoms. The second-order valence-electron chi connectivity index (χ2n) is 7.41. The van der Waals surface area contributed by atoms with Gasteiger partial charge in [-0.1, -0.05) is 79.3 Å². The summed E-state index contributed by atoms with van der Waals surface area (Å²) in [5, 5.41) is 0. The van der Waals surface area contributed by atoms with E-state index in [9.17, 15) is 0 Å². The van der Waals surface area contributed by atoms with Crippen LogP contribution in [0.25, 0.3) is 6.08 Å². The molecule has 1 aromatic carbocycles. The lowest BCUT2D eigenvalue weighted by atomic mass is 9.75. The van der Waals surface area contributed by atoms with Gasteiger partial charge in [0.2, 0.25) is 0 Å².